The molecule has 1 saturated heterocycles. The Balaban J connectivity index is 1.49. The van der Waals surface area contributed by atoms with E-state index >= 15 is 0 Å². The summed E-state index contributed by atoms with van der Waals surface area (Å²) in [5, 5.41) is 21.9. The molecule has 10 heteroatoms. The second kappa shape index (κ2) is 10.7. The van der Waals surface area contributed by atoms with Gasteiger partial charge in [0, 0.05) is 16.2 Å². The number of amides is 1. The lowest BCUT2D eigenvalue weighted by atomic mass is 10.00. The molecule has 0 saturated carbocycles. The van der Waals surface area contributed by atoms with E-state index in [0.29, 0.717) is 33.1 Å². The molecule has 1 aliphatic heterocycles. The first-order chi connectivity index (χ1) is 17.6. The number of thiophene rings is 1. The van der Waals surface area contributed by atoms with Crippen LogP contribution in [0.1, 0.15) is 29.0 Å². The van der Waals surface area contributed by atoms with Gasteiger partial charge >= 0.3 is 5.91 Å². The molecule has 4 aromatic rings. The van der Waals surface area contributed by atoms with E-state index in [1.807, 2.05) is 54.8 Å². The molecule has 2 aromatic heterocycles. The van der Waals surface area contributed by atoms with Crippen LogP contribution in [0.2, 0.25) is 0 Å². The van der Waals surface area contributed by atoms with Gasteiger partial charge in [-0.1, -0.05) is 59.5 Å². The third kappa shape index (κ3) is 4.79. The van der Waals surface area contributed by atoms with Crippen LogP contribution in [0.25, 0.3) is 5.76 Å². The Morgan fingerprint density at radius 3 is 2.53 bits per heavy atom. The van der Waals surface area contributed by atoms with Crippen LogP contribution in [0.4, 0.5) is 5.13 Å². The Kier molecular flexibility index (Phi) is 7.17. The molecule has 2 aromatic carbocycles. The lowest BCUT2D eigenvalue weighted by Crippen LogP contribution is -2.29. The summed E-state index contributed by atoms with van der Waals surface area (Å²) in [6, 6.07) is 19.7. The van der Waals surface area contributed by atoms with Gasteiger partial charge < -0.3 is 9.84 Å². The molecule has 0 aliphatic carbocycles. The molecule has 1 fully saturated rings. The molecule has 1 amide bonds. The first-order valence-corrected chi connectivity index (χ1v) is 13.8. The van der Waals surface area contributed by atoms with Gasteiger partial charge in [-0.25, -0.2) is 0 Å². The lowest BCUT2D eigenvalue weighted by molar-refractivity contribution is -0.132. The van der Waals surface area contributed by atoms with E-state index in [4.69, 9.17) is 4.74 Å². The molecule has 1 aliphatic rings. The van der Waals surface area contributed by atoms with E-state index < -0.39 is 17.7 Å². The van der Waals surface area contributed by atoms with Gasteiger partial charge in [-0.15, -0.1) is 21.5 Å². The molecule has 5 rings (SSSR count). The molecule has 182 valence electrons. The van der Waals surface area contributed by atoms with Crippen molar-refractivity contribution in [3.05, 3.63) is 93.7 Å². The number of ketones is 1. The van der Waals surface area contributed by atoms with Crippen molar-refractivity contribution in [2.75, 3.05) is 11.5 Å². The topological polar surface area (TPSA) is 92.6 Å². The number of hydrogen-bond acceptors (Lipinski definition) is 9. The van der Waals surface area contributed by atoms with E-state index in [1.165, 1.54) is 39.3 Å². The summed E-state index contributed by atoms with van der Waals surface area (Å²) >= 11 is 4.17. The zero-order chi connectivity index (χ0) is 25.1. The summed E-state index contributed by atoms with van der Waals surface area (Å²) in [7, 11) is 0. The van der Waals surface area contributed by atoms with E-state index in [9.17, 15) is 14.7 Å². The Bertz CT molecular complexity index is 1400. The van der Waals surface area contributed by atoms with Crippen LogP contribution in [-0.2, 0) is 15.3 Å². The highest BCUT2D eigenvalue weighted by atomic mass is 32.2. The second-order valence-electron chi connectivity index (χ2n) is 7.77. The van der Waals surface area contributed by atoms with Crippen LogP contribution >= 0.6 is 34.4 Å². The number of aliphatic hydroxyl groups is 1. The predicted molar refractivity (Wildman–Crippen MR) is 143 cm³/mol. The SMILES string of the molecule is CCOc1ccc(/C(O)=C2/C(=O)C(=O)N(c3nnc(SCc4ccccc4)s3)C2c2cccs2)cc1. The third-order valence-electron chi connectivity index (χ3n) is 5.50. The zero-order valence-electron chi connectivity index (χ0n) is 19.2. The van der Waals surface area contributed by atoms with Crippen LogP contribution in [0.15, 0.2) is 82.0 Å². The summed E-state index contributed by atoms with van der Waals surface area (Å²) in [6.07, 6.45) is 0. The number of nitrogens with zero attached hydrogens (tertiary/aromatic N) is 3. The third-order valence-corrected chi connectivity index (χ3v) is 8.55. The predicted octanol–water partition coefficient (Wildman–Crippen LogP) is 5.92. The zero-order valence-corrected chi connectivity index (χ0v) is 21.6. The number of aromatic nitrogens is 2. The second-order valence-corrected chi connectivity index (χ2v) is 10.9. The Morgan fingerprint density at radius 2 is 1.83 bits per heavy atom. The van der Waals surface area contributed by atoms with E-state index in [1.54, 1.807) is 24.3 Å². The van der Waals surface area contributed by atoms with Crippen molar-refractivity contribution in [1.29, 1.82) is 0 Å². The first kappa shape index (κ1) is 24.2. The first-order valence-electron chi connectivity index (χ1n) is 11.1. The van der Waals surface area contributed by atoms with Crippen molar-refractivity contribution in [3.8, 4) is 5.75 Å². The highest BCUT2D eigenvalue weighted by Crippen LogP contribution is 2.45. The van der Waals surface area contributed by atoms with E-state index in [0.717, 1.165) is 10.4 Å². The minimum atomic E-state index is -0.795. The molecule has 1 N–H and O–H groups in total. The number of benzene rings is 2. The van der Waals surface area contributed by atoms with Gasteiger partial charge in [0.25, 0.3) is 5.78 Å². The molecule has 1 atom stereocenters. The number of hydrogen-bond donors (Lipinski definition) is 1. The van der Waals surface area contributed by atoms with Crippen LogP contribution in [0, 0.1) is 0 Å². The largest absolute Gasteiger partial charge is 0.507 e. The van der Waals surface area contributed by atoms with E-state index in [-0.39, 0.29) is 11.3 Å². The highest BCUT2D eigenvalue weighted by Gasteiger charge is 2.48. The average molecular weight is 536 g/mol. The molecule has 0 spiro atoms. The van der Waals surface area contributed by atoms with Crippen molar-refractivity contribution in [3.63, 3.8) is 0 Å². The fourth-order valence-corrected chi connectivity index (χ4v) is 6.50. The minimum absolute atomic E-state index is 0.0281. The van der Waals surface area contributed by atoms with Gasteiger partial charge in [0.05, 0.1) is 12.2 Å². The molecular weight excluding hydrogens is 515 g/mol. The number of thioether (sulfide) groups is 1. The summed E-state index contributed by atoms with van der Waals surface area (Å²) in [6.45, 7) is 2.40. The van der Waals surface area contributed by atoms with Gasteiger partial charge in [0.15, 0.2) is 4.34 Å². The molecule has 0 bridgehead atoms. The number of carbonyl (C=O) groups is 2. The maximum Gasteiger partial charge on any atom is 0.301 e. The fraction of sp³-hybridized carbons (Fsp3) is 0.154. The van der Waals surface area contributed by atoms with Crippen molar-refractivity contribution < 1.29 is 19.4 Å². The Hall–Kier alpha value is -3.47. The number of ether oxygens (including phenoxy) is 1. The van der Waals surface area contributed by atoms with Crippen LogP contribution in [0.5, 0.6) is 5.75 Å². The van der Waals surface area contributed by atoms with Gasteiger partial charge in [-0.3, -0.25) is 14.5 Å². The average Bonchev–Trinajstić information content (AvgIpc) is 3.65. The molecule has 3 heterocycles. The number of anilines is 1. The molecule has 0 radical (unpaired) electrons. The summed E-state index contributed by atoms with van der Waals surface area (Å²) in [5.41, 5.74) is 1.60. The summed E-state index contributed by atoms with van der Waals surface area (Å²) < 4.78 is 6.16. The van der Waals surface area contributed by atoms with Gasteiger partial charge in [-0.05, 0) is 48.2 Å². The smallest absolute Gasteiger partial charge is 0.301 e. The number of aliphatic hydroxyl groups excluding tert-OH is 1. The molecule has 1 unspecified atom stereocenters. The Morgan fingerprint density at radius 1 is 1.06 bits per heavy atom. The number of rotatable bonds is 8. The van der Waals surface area contributed by atoms with Crippen molar-refractivity contribution in [2.24, 2.45) is 0 Å². The van der Waals surface area contributed by atoms with Crippen LogP contribution < -0.4 is 9.64 Å². The van der Waals surface area contributed by atoms with Crippen molar-refractivity contribution in [2.45, 2.75) is 23.1 Å². The van der Waals surface area contributed by atoms with E-state index in [2.05, 4.69) is 10.2 Å². The number of Topliss-reactive ketones (excluding diaryl/α,β-unsaturated/α-hetero) is 1. The fourth-order valence-electron chi connectivity index (χ4n) is 3.85. The quantitative estimate of drug-likeness (QED) is 0.0985. The van der Waals surface area contributed by atoms with Crippen LogP contribution in [-0.4, -0.2) is 33.6 Å². The highest BCUT2D eigenvalue weighted by molar-refractivity contribution is 8.00. The molecular formula is C26H21N3O4S3. The molecule has 7 nitrogen and oxygen atoms in total. The number of carbonyl (C=O) groups excluding carboxylic acids is 2. The standard InChI is InChI=1S/C26H21N3O4S3/c1-2-33-18-12-10-17(11-13-18)22(30)20-21(19-9-6-14-34-19)29(24(32)23(20)31)25-27-28-26(36-25)35-15-16-7-4-3-5-8-16/h3-14,21,30H,2,15H2,1H3/b22-20-. The monoisotopic (exact) mass is 535 g/mol. The molecule has 36 heavy (non-hydrogen) atoms. The summed E-state index contributed by atoms with van der Waals surface area (Å²) in [5.74, 6) is -0.371. The maximum atomic E-state index is 13.2. The van der Waals surface area contributed by atoms with Gasteiger partial charge in [0.1, 0.15) is 17.6 Å². The minimum Gasteiger partial charge on any atom is -0.507 e. The van der Waals surface area contributed by atoms with Crippen molar-refractivity contribution in [1.82, 2.24) is 10.2 Å². The van der Waals surface area contributed by atoms with Gasteiger partial charge in [0.2, 0.25) is 5.13 Å². The van der Waals surface area contributed by atoms with Crippen molar-refractivity contribution >= 4 is 57.0 Å². The van der Waals surface area contributed by atoms with Gasteiger partial charge in [-0.2, -0.15) is 0 Å². The lowest BCUT2D eigenvalue weighted by Gasteiger charge is -2.20. The summed E-state index contributed by atoms with van der Waals surface area (Å²) in [4.78, 5) is 28.5. The van der Waals surface area contributed by atoms with Crippen LogP contribution in [0.3, 0.4) is 0 Å². The maximum absolute atomic E-state index is 13.2. The normalized spacial score (nSPS) is 17.0. The Labute approximate surface area is 220 Å².